The van der Waals surface area contributed by atoms with Crippen LogP contribution in [0.1, 0.15) is 33.1 Å². The molecule has 7 nitrogen and oxygen atoms in total. The Labute approximate surface area is 112 Å². The van der Waals surface area contributed by atoms with Crippen molar-refractivity contribution in [2.75, 3.05) is 23.3 Å². The van der Waals surface area contributed by atoms with Crippen molar-refractivity contribution < 1.29 is 4.92 Å². The molecule has 1 heterocycles. The van der Waals surface area contributed by atoms with E-state index in [0.29, 0.717) is 24.2 Å². The Morgan fingerprint density at radius 3 is 2.74 bits per heavy atom. The number of nitrogens with one attached hydrogen (secondary N) is 1. The lowest BCUT2D eigenvalue weighted by Crippen LogP contribution is -2.28. The zero-order valence-corrected chi connectivity index (χ0v) is 11.3. The van der Waals surface area contributed by atoms with E-state index >= 15 is 0 Å². The van der Waals surface area contributed by atoms with E-state index in [1.54, 1.807) is 0 Å². The molecule has 0 radical (unpaired) electrons. The van der Waals surface area contributed by atoms with Gasteiger partial charge in [0.1, 0.15) is 6.33 Å². The van der Waals surface area contributed by atoms with Gasteiger partial charge in [0.15, 0.2) is 0 Å². The van der Waals surface area contributed by atoms with Crippen molar-refractivity contribution in [1.29, 1.82) is 0 Å². The van der Waals surface area contributed by atoms with Gasteiger partial charge in [-0.05, 0) is 26.2 Å². The molecule has 0 bridgehead atoms. The first kappa shape index (κ1) is 13.5. The molecule has 1 aromatic rings. The van der Waals surface area contributed by atoms with Gasteiger partial charge in [-0.25, -0.2) is 9.97 Å². The lowest BCUT2D eigenvalue weighted by Gasteiger charge is -2.22. The van der Waals surface area contributed by atoms with Crippen molar-refractivity contribution >= 4 is 17.3 Å². The molecule has 0 spiro atoms. The van der Waals surface area contributed by atoms with Crippen molar-refractivity contribution in [3.8, 4) is 0 Å². The Hall–Kier alpha value is -1.92. The maximum Gasteiger partial charge on any atom is 0.353 e. The fourth-order valence-corrected chi connectivity index (χ4v) is 2.13. The molecule has 1 aliphatic rings. The number of nitrogens with zero attached hydrogens (tertiary/aromatic N) is 4. The average molecular weight is 265 g/mol. The summed E-state index contributed by atoms with van der Waals surface area (Å²) in [6.07, 6.45) is 4.49. The van der Waals surface area contributed by atoms with E-state index in [1.807, 2.05) is 11.8 Å². The van der Waals surface area contributed by atoms with Gasteiger partial charge in [0.05, 0.1) is 4.92 Å². The number of anilines is 2. The highest BCUT2D eigenvalue weighted by atomic mass is 16.6. The van der Waals surface area contributed by atoms with Crippen molar-refractivity contribution in [1.82, 2.24) is 9.97 Å². The SMILES string of the molecule is CCCN(c1ncnc(NCC)c1[N+](=O)[O-])C1CC1. The quantitative estimate of drug-likeness (QED) is 0.601. The third kappa shape index (κ3) is 2.91. The lowest BCUT2D eigenvalue weighted by molar-refractivity contribution is -0.383. The van der Waals surface area contributed by atoms with Gasteiger partial charge in [-0.2, -0.15) is 0 Å². The number of hydrogen-bond donors (Lipinski definition) is 1. The minimum atomic E-state index is -0.391. The van der Waals surface area contributed by atoms with E-state index in [1.165, 1.54) is 6.33 Å². The second-order valence-corrected chi connectivity index (χ2v) is 4.61. The van der Waals surface area contributed by atoms with Crippen molar-refractivity contribution in [2.45, 2.75) is 39.2 Å². The Bertz CT molecular complexity index is 461. The van der Waals surface area contributed by atoms with Crippen molar-refractivity contribution in [3.05, 3.63) is 16.4 Å². The zero-order valence-electron chi connectivity index (χ0n) is 11.3. The van der Waals surface area contributed by atoms with Crippen LogP contribution < -0.4 is 10.2 Å². The van der Waals surface area contributed by atoms with Gasteiger partial charge in [0.25, 0.3) is 0 Å². The van der Waals surface area contributed by atoms with Crippen LogP contribution in [0.3, 0.4) is 0 Å². The molecule has 0 unspecified atom stereocenters. The van der Waals surface area contributed by atoms with Crippen LogP contribution in [0.15, 0.2) is 6.33 Å². The molecule has 2 rings (SSSR count). The molecule has 0 saturated heterocycles. The molecule has 104 valence electrons. The molecule has 19 heavy (non-hydrogen) atoms. The predicted molar refractivity (Wildman–Crippen MR) is 73.5 cm³/mol. The van der Waals surface area contributed by atoms with Gasteiger partial charge in [-0.1, -0.05) is 6.92 Å². The van der Waals surface area contributed by atoms with Crippen LogP contribution >= 0.6 is 0 Å². The molecule has 0 aromatic carbocycles. The van der Waals surface area contributed by atoms with Crippen LogP contribution in [0.2, 0.25) is 0 Å². The topological polar surface area (TPSA) is 84.2 Å². The van der Waals surface area contributed by atoms with E-state index in [2.05, 4.69) is 22.2 Å². The number of nitro groups is 1. The Morgan fingerprint density at radius 1 is 1.47 bits per heavy atom. The maximum absolute atomic E-state index is 11.3. The summed E-state index contributed by atoms with van der Waals surface area (Å²) in [7, 11) is 0. The van der Waals surface area contributed by atoms with E-state index < -0.39 is 4.92 Å². The standard InChI is InChI=1S/C12H19N5O2/c1-3-7-16(9-5-6-9)12-10(17(18)19)11(13-4-2)14-8-15-12/h8-9H,3-7H2,1-2H3,(H,13,14,15). The summed E-state index contributed by atoms with van der Waals surface area (Å²) >= 11 is 0. The fourth-order valence-electron chi connectivity index (χ4n) is 2.13. The molecule has 7 heteroatoms. The van der Waals surface area contributed by atoms with Gasteiger partial charge in [0.2, 0.25) is 11.6 Å². The molecule has 0 atom stereocenters. The summed E-state index contributed by atoms with van der Waals surface area (Å²) in [4.78, 5) is 21.1. The van der Waals surface area contributed by atoms with Gasteiger partial charge in [0, 0.05) is 19.1 Å². The van der Waals surface area contributed by atoms with Gasteiger partial charge >= 0.3 is 5.69 Å². The molecule has 1 aliphatic carbocycles. The van der Waals surface area contributed by atoms with E-state index in [9.17, 15) is 10.1 Å². The highest BCUT2D eigenvalue weighted by molar-refractivity contribution is 5.70. The lowest BCUT2D eigenvalue weighted by atomic mass is 10.3. The third-order valence-electron chi connectivity index (χ3n) is 3.05. The van der Waals surface area contributed by atoms with Gasteiger partial charge in [-0.15, -0.1) is 0 Å². The number of aromatic nitrogens is 2. The van der Waals surface area contributed by atoms with Crippen LogP contribution in [-0.4, -0.2) is 34.0 Å². The van der Waals surface area contributed by atoms with Crippen LogP contribution in [-0.2, 0) is 0 Å². The van der Waals surface area contributed by atoms with Crippen molar-refractivity contribution in [3.63, 3.8) is 0 Å². The zero-order chi connectivity index (χ0) is 13.8. The molecule has 1 N–H and O–H groups in total. The highest BCUT2D eigenvalue weighted by Gasteiger charge is 2.35. The monoisotopic (exact) mass is 265 g/mol. The second-order valence-electron chi connectivity index (χ2n) is 4.61. The molecule has 1 aromatic heterocycles. The summed E-state index contributed by atoms with van der Waals surface area (Å²) in [5.74, 6) is 0.750. The van der Waals surface area contributed by atoms with Crippen LogP contribution in [0, 0.1) is 10.1 Å². The molecule has 1 fully saturated rings. The Kier molecular flexibility index (Phi) is 4.13. The summed E-state index contributed by atoms with van der Waals surface area (Å²) in [6.45, 7) is 5.33. The van der Waals surface area contributed by atoms with Crippen LogP contribution in [0.4, 0.5) is 17.3 Å². The maximum atomic E-state index is 11.3. The van der Waals surface area contributed by atoms with Crippen LogP contribution in [0.5, 0.6) is 0 Å². The number of rotatable bonds is 7. The number of hydrogen-bond acceptors (Lipinski definition) is 6. The molecule has 1 saturated carbocycles. The van der Waals surface area contributed by atoms with E-state index in [0.717, 1.165) is 25.8 Å². The Balaban J connectivity index is 2.41. The van der Waals surface area contributed by atoms with E-state index in [-0.39, 0.29) is 5.69 Å². The third-order valence-corrected chi connectivity index (χ3v) is 3.05. The first-order valence-electron chi connectivity index (χ1n) is 6.68. The second kappa shape index (κ2) is 5.81. The van der Waals surface area contributed by atoms with Gasteiger partial charge in [-0.3, -0.25) is 10.1 Å². The van der Waals surface area contributed by atoms with Crippen molar-refractivity contribution in [2.24, 2.45) is 0 Å². The predicted octanol–water partition coefficient (Wildman–Crippen LogP) is 2.20. The molecular weight excluding hydrogens is 246 g/mol. The van der Waals surface area contributed by atoms with E-state index in [4.69, 9.17) is 0 Å². The summed E-state index contributed by atoms with van der Waals surface area (Å²) in [5, 5.41) is 14.3. The average Bonchev–Trinajstić information content (AvgIpc) is 3.20. The largest absolute Gasteiger partial charge is 0.364 e. The first-order chi connectivity index (χ1) is 9.19. The summed E-state index contributed by atoms with van der Waals surface area (Å²) in [5.41, 5.74) is -0.00954. The molecular formula is C12H19N5O2. The minimum Gasteiger partial charge on any atom is -0.364 e. The molecule has 0 aliphatic heterocycles. The Morgan fingerprint density at radius 2 is 2.21 bits per heavy atom. The highest BCUT2D eigenvalue weighted by Crippen LogP contribution is 2.38. The normalized spacial score (nSPS) is 14.2. The van der Waals surface area contributed by atoms with Gasteiger partial charge < -0.3 is 10.2 Å². The first-order valence-corrected chi connectivity index (χ1v) is 6.68. The molecule has 0 amide bonds. The fraction of sp³-hybridized carbons (Fsp3) is 0.667. The minimum absolute atomic E-state index is 0.00954. The van der Waals surface area contributed by atoms with Crippen LogP contribution in [0.25, 0.3) is 0 Å². The summed E-state index contributed by atoms with van der Waals surface area (Å²) < 4.78 is 0. The smallest absolute Gasteiger partial charge is 0.353 e. The summed E-state index contributed by atoms with van der Waals surface area (Å²) in [6, 6.07) is 0.392.